The second-order valence-corrected chi connectivity index (χ2v) is 6.12. The van der Waals surface area contributed by atoms with Crippen LogP contribution >= 0.6 is 0 Å². The van der Waals surface area contributed by atoms with Crippen LogP contribution in [0.25, 0.3) is 0 Å². The van der Waals surface area contributed by atoms with Crippen LogP contribution in [0.3, 0.4) is 0 Å². The SMILES string of the molecule is COc1ccccc1CNC(=O)C(=O)NC[C@@H](O)c1ccc2c(c1)OCCO2. The first-order chi connectivity index (χ1) is 13.6. The summed E-state index contributed by atoms with van der Waals surface area (Å²) in [6.45, 7) is 0.964. The number of benzene rings is 2. The lowest BCUT2D eigenvalue weighted by Crippen LogP contribution is -2.41. The van der Waals surface area contributed by atoms with Crippen LogP contribution in [-0.4, -0.2) is 43.8 Å². The Hall–Kier alpha value is -3.26. The van der Waals surface area contributed by atoms with Gasteiger partial charge in [0.15, 0.2) is 11.5 Å². The molecule has 0 aliphatic carbocycles. The van der Waals surface area contributed by atoms with E-state index >= 15 is 0 Å². The molecule has 1 aliphatic heterocycles. The average molecular weight is 386 g/mol. The van der Waals surface area contributed by atoms with Crippen molar-refractivity contribution in [3.63, 3.8) is 0 Å². The number of hydrogen-bond donors (Lipinski definition) is 3. The van der Waals surface area contributed by atoms with E-state index in [4.69, 9.17) is 14.2 Å². The molecule has 8 nitrogen and oxygen atoms in total. The van der Waals surface area contributed by atoms with Crippen LogP contribution in [0.2, 0.25) is 0 Å². The molecule has 3 N–H and O–H groups in total. The maximum absolute atomic E-state index is 12.0. The van der Waals surface area contributed by atoms with Gasteiger partial charge in [-0.15, -0.1) is 0 Å². The smallest absolute Gasteiger partial charge is 0.309 e. The van der Waals surface area contributed by atoms with E-state index in [1.807, 2.05) is 12.1 Å². The van der Waals surface area contributed by atoms with Crippen molar-refractivity contribution < 1.29 is 28.9 Å². The van der Waals surface area contributed by atoms with E-state index in [0.29, 0.717) is 36.0 Å². The lowest BCUT2D eigenvalue weighted by atomic mass is 10.1. The summed E-state index contributed by atoms with van der Waals surface area (Å²) in [5.41, 5.74) is 1.31. The minimum absolute atomic E-state index is 0.111. The third kappa shape index (κ3) is 4.72. The Labute approximate surface area is 162 Å². The molecule has 8 heteroatoms. The number of amides is 2. The van der Waals surface area contributed by atoms with Gasteiger partial charge in [0.05, 0.1) is 13.2 Å². The summed E-state index contributed by atoms with van der Waals surface area (Å²) in [6, 6.07) is 12.2. The number of aliphatic hydroxyl groups is 1. The summed E-state index contributed by atoms with van der Waals surface area (Å²) < 4.78 is 16.1. The van der Waals surface area contributed by atoms with Crippen LogP contribution in [0, 0.1) is 0 Å². The Morgan fingerprint density at radius 1 is 1.07 bits per heavy atom. The molecule has 2 aromatic carbocycles. The lowest BCUT2D eigenvalue weighted by molar-refractivity contribution is -0.139. The van der Waals surface area contributed by atoms with Crippen molar-refractivity contribution in [2.24, 2.45) is 0 Å². The quantitative estimate of drug-likeness (QED) is 0.638. The normalized spacial score (nSPS) is 13.4. The summed E-state index contributed by atoms with van der Waals surface area (Å²) in [5.74, 6) is 0.162. The molecule has 0 unspecified atom stereocenters. The molecule has 0 aromatic heterocycles. The first kappa shape index (κ1) is 19.5. The molecule has 1 heterocycles. The van der Waals surface area contributed by atoms with Gasteiger partial charge in [-0.1, -0.05) is 24.3 Å². The van der Waals surface area contributed by atoms with Crippen molar-refractivity contribution in [3.05, 3.63) is 53.6 Å². The fourth-order valence-electron chi connectivity index (χ4n) is 2.76. The largest absolute Gasteiger partial charge is 0.496 e. The second-order valence-electron chi connectivity index (χ2n) is 6.12. The molecular weight excluding hydrogens is 364 g/mol. The number of hydrogen-bond acceptors (Lipinski definition) is 6. The van der Waals surface area contributed by atoms with Crippen molar-refractivity contribution in [1.29, 1.82) is 0 Å². The molecule has 0 saturated carbocycles. The highest BCUT2D eigenvalue weighted by Crippen LogP contribution is 2.32. The summed E-state index contributed by atoms with van der Waals surface area (Å²) in [6.07, 6.45) is -0.984. The number of carbonyl (C=O) groups is 2. The lowest BCUT2D eigenvalue weighted by Gasteiger charge is -2.20. The molecule has 0 spiro atoms. The zero-order valence-corrected chi connectivity index (χ0v) is 15.4. The predicted molar refractivity (Wildman–Crippen MR) is 100 cm³/mol. The highest BCUT2D eigenvalue weighted by atomic mass is 16.6. The van der Waals surface area contributed by atoms with E-state index in [9.17, 15) is 14.7 Å². The van der Waals surface area contributed by atoms with Crippen molar-refractivity contribution in [2.45, 2.75) is 12.6 Å². The molecule has 148 valence electrons. The Morgan fingerprint density at radius 3 is 2.57 bits per heavy atom. The van der Waals surface area contributed by atoms with Gasteiger partial charge in [-0.25, -0.2) is 0 Å². The summed E-state index contributed by atoms with van der Waals surface area (Å²) >= 11 is 0. The van der Waals surface area contributed by atoms with Gasteiger partial charge in [0.1, 0.15) is 19.0 Å². The molecule has 0 fully saturated rings. The summed E-state index contributed by atoms with van der Waals surface area (Å²) in [7, 11) is 1.53. The van der Waals surface area contributed by atoms with Crippen LogP contribution in [-0.2, 0) is 16.1 Å². The highest BCUT2D eigenvalue weighted by molar-refractivity contribution is 6.35. The van der Waals surface area contributed by atoms with Gasteiger partial charge in [-0.2, -0.15) is 0 Å². The van der Waals surface area contributed by atoms with Crippen molar-refractivity contribution in [1.82, 2.24) is 10.6 Å². The summed E-state index contributed by atoms with van der Waals surface area (Å²) in [5, 5.41) is 15.2. The minimum Gasteiger partial charge on any atom is -0.496 e. The molecule has 2 amide bonds. The first-order valence-electron chi connectivity index (χ1n) is 8.84. The molecule has 1 atom stereocenters. The van der Waals surface area contributed by atoms with Crippen LogP contribution in [0.4, 0.5) is 0 Å². The minimum atomic E-state index is -0.984. The third-order valence-corrected chi connectivity index (χ3v) is 4.25. The van der Waals surface area contributed by atoms with Crippen molar-refractivity contribution in [2.75, 3.05) is 26.9 Å². The van der Waals surface area contributed by atoms with E-state index in [2.05, 4.69) is 10.6 Å². The molecule has 3 rings (SSSR count). The Bertz CT molecular complexity index is 854. The van der Waals surface area contributed by atoms with Gasteiger partial charge in [0.2, 0.25) is 0 Å². The zero-order chi connectivity index (χ0) is 19.9. The van der Waals surface area contributed by atoms with Gasteiger partial charge < -0.3 is 30.0 Å². The van der Waals surface area contributed by atoms with Crippen LogP contribution in [0.5, 0.6) is 17.2 Å². The van der Waals surface area contributed by atoms with Crippen LogP contribution in [0.1, 0.15) is 17.2 Å². The molecule has 2 aromatic rings. The topological polar surface area (TPSA) is 106 Å². The monoisotopic (exact) mass is 386 g/mol. The fourth-order valence-corrected chi connectivity index (χ4v) is 2.76. The number of fused-ring (bicyclic) bond motifs is 1. The van der Waals surface area contributed by atoms with E-state index in [-0.39, 0.29) is 13.1 Å². The van der Waals surface area contributed by atoms with Crippen LogP contribution < -0.4 is 24.8 Å². The number of carbonyl (C=O) groups excluding carboxylic acids is 2. The highest BCUT2D eigenvalue weighted by Gasteiger charge is 2.18. The predicted octanol–water partition coefficient (Wildman–Crippen LogP) is 0.932. The van der Waals surface area contributed by atoms with Gasteiger partial charge in [-0.05, 0) is 23.8 Å². The number of para-hydroxylation sites is 1. The average Bonchev–Trinajstić information content (AvgIpc) is 2.75. The molecular formula is C20H22N2O6. The zero-order valence-electron chi connectivity index (χ0n) is 15.4. The van der Waals surface area contributed by atoms with Gasteiger partial charge in [0.25, 0.3) is 0 Å². The Morgan fingerprint density at radius 2 is 1.79 bits per heavy atom. The Balaban J connectivity index is 1.49. The summed E-state index contributed by atoms with van der Waals surface area (Å²) in [4.78, 5) is 24.0. The maximum atomic E-state index is 12.0. The number of methoxy groups -OCH3 is 1. The standard InChI is InChI=1S/C20H22N2O6/c1-26-16-5-3-2-4-14(16)11-21-19(24)20(25)22-12-15(23)13-6-7-17-18(10-13)28-9-8-27-17/h2-7,10,15,23H,8-9,11-12H2,1H3,(H,21,24)(H,22,25)/t15-/m1/s1. The number of ether oxygens (including phenoxy) is 3. The molecule has 28 heavy (non-hydrogen) atoms. The van der Waals surface area contributed by atoms with E-state index in [0.717, 1.165) is 5.56 Å². The molecule has 0 radical (unpaired) electrons. The Kier molecular flexibility index (Phi) is 6.33. The van der Waals surface area contributed by atoms with Crippen molar-refractivity contribution >= 4 is 11.8 Å². The second kappa shape index (κ2) is 9.09. The number of aliphatic hydroxyl groups excluding tert-OH is 1. The number of rotatable bonds is 6. The number of nitrogens with one attached hydrogen (secondary N) is 2. The maximum Gasteiger partial charge on any atom is 0.309 e. The molecule has 0 saturated heterocycles. The van der Waals surface area contributed by atoms with Crippen LogP contribution in [0.15, 0.2) is 42.5 Å². The van der Waals surface area contributed by atoms with Gasteiger partial charge in [-0.3, -0.25) is 9.59 Å². The molecule has 1 aliphatic rings. The van der Waals surface area contributed by atoms with E-state index in [1.54, 1.807) is 30.3 Å². The third-order valence-electron chi connectivity index (χ3n) is 4.25. The first-order valence-corrected chi connectivity index (χ1v) is 8.84. The fraction of sp³-hybridized carbons (Fsp3) is 0.300. The van der Waals surface area contributed by atoms with E-state index < -0.39 is 17.9 Å². The van der Waals surface area contributed by atoms with Gasteiger partial charge in [0, 0.05) is 18.7 Å². The van der Waals surface area contributed by atoms with Gasteiger partial charge >= 0.3 is 11.8 Å². The molecule has 0 bridgehead atoms. The van der Waals surface area contributed by atoms with E-state index in [1.165, 1.54) is 7.11 Å². The van der Waals surface area contributed by atoms with Crippen molar-refractivity contribution in [3.8, 4) is 17.2 Å².